The third kappa shape index (κ3) is 5.15. The number of benzene rings is 3. The predicted molar refractivity (Wildman–Crippen MR) is 144 cm³/mol. The normalized spacial score (nSPS) is 11.7. The van der Waals surface area contributed by atoms with Crippen LogP contribution in [-0.4, -0.2) is 33.7 Å². The number of alkyl carbamates (subject to hydrolysis) is 1. The minimum Gasteiger partial charge on any atom is -0.464 e. The Balaban J connectivity index is 1.52. The molecule has 1 amide bonds. The van der Waals surface area contributed by atoms with Crippen LogP contribution in [0.4, 0.5) is 4.79 Å². The second-order valence-electron chi connectivity index (χ2n) is 8.91. The van der Waals surface area contributed by atoms with Crippen molar-refractivity contribution in [3.05, 3.63) is 114 Å². The first-order valence-corrected chi connectivity index (χ1v) is 12.3. The maximum Gasteiger partial charge on any atom is 0.408 e. The maximum absolute atomic E-state index is 13.0. The largest absolute Gasteiger partial charge is 0.464 e. The smallest absolute Gasteiger partial charge is 0.408 e. The Labute approximate surface area is 220 Å². The first-order chi connectivity index (χ1) is 18.5. The Bertz CT molecular complexity index is 1560. The third-order valence-corrected chi connectivity index (χ3v) is 6.47. The number of ether oxygens (including phenoxy) is 2. The van der Waals surface area contributed by atoms with Crippen LogP contribution in [0.1, 0.15) is 33.5 Å². The lowest BCUT2D eigenvalue weighted by Gasteiger charge is -2.19. The lowest BCUT2D eigenvalue weighted by Crippen LogP contribution is -2.32. The molecular formula is C30H28N4O4. The van der Waals surface area contributed by atoms with Gasteiger partial charge in [0.25, 0.3) is 0 Å². The van der Waals surface area contributed by atoms with E-state index in [-0.39, 0.29) is 12.3 Å². The zero-order valence-corrected chi connectivity index (χ0v) is 21.2. The number of aromatic nitrogens is 3. The number of rotatable bonds is 8. The van der Waals surface area contributed by atoms with E-state index in [1.54, 1.807) is 0 Å². The van der Waals surface area contributed by atoms with E-state index in [1.807, 2.05) is 103 Å². The first-order valence-electron chi connectivity index (χ1n) is 12.3. The fourth-order valence-corrected chi connectivity index (χ4v) is 4.63. The summed E-state index contributed by atoms with van der Waals surface area (Å²) in [5.41, 5.74) is 4.47. The Hall–Kier alpha value is -4.85. The molecule has 0 aliphatic carbocycles. The Morgan fingerprint density at radius 2 is 1.66 bits per heavy atom. The van der Waals surface area contributed by atoms with Crippen molar-refractivity contribution in [1.29, 1.82) is 0 Å². The van der Waals surface area contributed by atoms with Gasteiger partial charge in [-0.3, -0.25) is 0 Å². The molecule has 0 bridgehead atoms. The van der Waals surface area contributed by atoms with Crippen LogP contribution in [0, 0.1) is 0 Å². The van der Waals surface area contributed by atoms with Crippen molar-refractivity contribution in [2.75, 3.05) is 7.11 Å². The number of nitrogens with zero attached hydrogens (tertiary/aromatic N) is 2. The van der Waals surface area contributed by atoms with E-state index >= 15 is 0 Å². The molecule has 3 aromatic carbocycles. The molecule has 2 heterocycles. The lowest BCUT2D eigenvalue weighted by molar-refractivity contribution is 0.0595. The molecule has 5 aromatic rings. The lowest BCUT2D eigenvalue weighted by atomic mass is 10.0. The number of carbonyl (C=O) groups excluding carboxylic acids is 2. The number of aromatic amines is 1. The van der Waals surface area contributed by atoms with Crippen LogP contribution in [0.5, 0.6) is 0 Å². The molecule has 2 aromatic heterocycles. The van der Waals surface area contributed by atoms with Crippen LogP contribution in [0.25, 0.3) is 22.2 Å². The van der Waals surface area contributed by atoms with Crippen molar-refractivity contribution in [2.24, 2.45) is 7.05 Å². The number of hydrogen-bond acceptors (Lipinski definition) is 5. The van der Waals surface area contributed by atoms with Gasteiger partial charge in [-0.25, -0.2) is 14.6 Å². The summed E-state index contributed by atoms with van der Waals surface area (Å²) in [6.07, 6.45) is 1.77. The highest BCUT2D eigenvalue weighted by atomic mass is 16.5. The monoisotopic (exact) mass is 508 g/mol. The van der Waals surface area contributed by atoms with Crippen LogP contribution >= 0.6 is 0 Å². The molecule has 0 saturated heterocycles. The van der Waals surface area contributed by atoms with Gasteiger partial charge in [-0.1, -0.05) is 78.9 Å². The van der Waals surface area contributed by atoms with Gasteiger partial charge < -0.3 is 24.3 Å². The summed E-state index contributed by atoms with van der Waals surface area (Å²) in [4.78, 5) is 33.7. The summed E-state index contributed by atoms with van der Waals surface area (Å²) in [5.74, 6) is -0.0469. The highest BCUT2D eigenvalue weighted by Crippen LogP contribution is 2.30. The summed E-state index contributed by atoms with van der Waals surface area (Å²) in [6.45, 7) is 0.135. The van der Waals surface area contributed by atoms with Crippen LogP contribution in [0.15, 0.2) is 91.1 Å². The molecule has 8 nitrogen and oxygen atoms in total. The van der Waals surface area contributed by atoms with E-state index in [0.29, 0.717) is 17.9 Å². The number of nitrogens with one attached hydrogen (secondary N) is 2. The van der Waals surface area contributed by atoms with Crippen molar-refractivity contribution in [3.8, 4) is 11.3 Å². The first kappa shape index (κ1) is 24.8. The summed E-state index contributed by atoms with van der Waals surface area (Å²) in [6, 6.07) is 26.4. The number of hydrogen-bond donors (Lipinski definition) is 2. The molecule has 38 heavy (non-hydrogen) atoms. The van der Waals surface area contributed by atoms with Crippen molar-refractivity contribution in [1.82, 2.24) is 19.9 Å². The number of para-hydroxylation sites is 1. The second kappa shape index (κ2) is 11.0. The van der Waals surface area contributed by atoms with Gasteiger partial charge in [0.05, 0.1) is 18.8 Å². The predicted octanol–water partition coefficient (Wildman–Crippen LogP) is 5.57. The number of fused-ring (bicyclic) bond motifs is 1. The maximum atomic E-state index is 13.0. The standard InChI is InChI=1S/C30H28N4O4/c1-34-27(21-13-7-4-8-14-21)26(29(35)37-2)33-28(34)25(17-22-18-31-24-16-10-9-15-23(22)24)32-30(36)38-19-20-11-5-3-6-12-20/h3-16,18,25,31H,17,19H2,1-2H3,(H,32,36)/t25-/m0/s1. The van der Waals surface area contributed by atoms with Crippen molar-refractivity contribution < 1.29 is 19.1 Å². The fourth-order valence-electron chi connectivity index (χ4n) is 4.63. The minimum absolute atomic E-state index is 0.135. The van der Waals surface area contributed by atoms with Crippen LogP contribution in [0.2, 0.25) is 0 Å². The molecule has 2 N–H and O–H groups in total. The fraction of sp³-hybridized carbons (Fsp3) is 0.167. The minimum atomic E-state index is -0.594. The zero-order valence-electron chi connectivity index (χ0n) is 21.2. The van der Waals surface area contributed by atoms with Gasteiger partial charge in [-0.15, -0.1) is 0 Å². The number of imidazole rings is 1. The van der Waals surface area contributed by atoms with Gasteiger partial charge in [0.1, 0.15) is 12.4 Å². The highest BCUT2D eigenvalue weighted by Gasteiger charge is 2.29. The van der Waals surface area contributed by atoms with Crippen LogP contribution in [-0.2, 0) is 29.5 Å². The number of amides is 1. The molecule has 0 unspecified atom stereocenters. The second-order valence-corrected chi connectivity index (χ2v) is 8.91. The van der Waals surface area contributed by atoms with E-state index in [9.17, 15) is 9.59 Å². The molecule has 0 aliphatic heterocycles. The highest BCUT2D eigenvalue weighted by molar-refractivity contribution is 5.94. The average molecular weight is 509 g/mol. The van der Waals surface area contributed by atoms with E-state index < -0.39 is 18.1 Å². The van der Waals surface area contributed by atoms with Crippen molar-refractivity contribution in [3.63, 3.8) is 0 Å². The Morgan fingerprint density at radius 1 is 0.974 bits per heavy atom. The molecule has 0 aliphatic rings. The molecule has 0 radical (unpaired) electrons. The average Bonchev–Trinajstić information content (AvgIpc) is 3.53. The SMILES string of the molecule is COC(=O)c1nc([C@H](Cc2c[nH]c3ccccc23)NC(=O)OCc2ccccc2)n(C)c1-c1ccccc1. The molecule has 0 saturated carbocycles. The van der Waals surface area contributed by atoms with Gasteiger partial charge >= 0.3 is 12.1 Å². The van der Waals surface area contributed by atoms with Crippen molar-refractivity contribution >= 4 is 23.0 Å². The van der Waals surface area contributed by atoms with E-state index in [0.717, 1.165) is 27.6 Å². The molecule has 8 heteroatoms. The van der Waals surface area contributed by atoms with Gasteiger partial charge in [0, 0.05) is 36.1 Å². The summed E-state index contributed by atoms with van der Waals surface area (Å²) in [5, 5.41) is 4.03. The van der Waals surface area contributed by atoms with Crippen LogP contribution in [0.3, 0.4) is 0 Å². The quantitative estimate of drug-likeness (QED) is 0.267. The number of esters is 1. The summed E-state index contributed by atoms with van der Waals surface area (Å²) < 4.78 is 12.4. The topological polar surface area (TPSA) is 98.2 Å². The van der Waals surface area contributed by atoms with E-state index in [2.05, 4.69) is 10.3 Å². The van der Waals surface area contributed by atoms with Gasteiger partial charge in [0.15, 0.2) is 5.69 Å². The van der Waals surface area contributed by atoms with Crippen LogP contribution < -0.4 is 5.32 Å². The molecule has 192 valence electrons. The molecule has 1 atom stereocenters. The Kier molecular flexibility index (Phi) is 7.21. The van der Waals surface area contributed by atoms with Gasteiger partial charge in [-0.05, 0) is 17.2 Å². The van der Waals surface area contributed by atoms with Gasteiger partial charge in [0.2, 0.25) is 0 Å². The van der Waals surface area contributed by atoms with Gasteiger partial charge in [-0.2, -0.15) is 0 Å². The molecule has 0 fully saturated rings. The number of H-pyrrole nitrogens is 1. The molecular weight excluding hydrogens is 480 g/mol. The number of methoxy groups -OCH3 is 1. The molecule has 0 spiro atoms. The Morgan fingerprint density at radius 3 is 2.39 bits per heavy atom. The van der Waals surface area contributed by atoms with E-state index in [4.69, 9.17) is 14.5 Å². The summed E-state index contributed by atoms with van der Waals surface area (Å²) in [7, 11) is 3.16. The van der Waals surface area contributed by atoms with Crippen molar-refractivity contribution in [2.45, 2.75) is 19.1 Å². The van der Waals surface area contributed by atoms with E-state index in [1.165, 1.54) is 7.11 Å². The zero-order chi connectivity index (χ0) is 26.5. The summed E-state index contributed by atoms with van der Waals surface area (Å²) >= 11 is 0. The number of carbonyl (C=O) groups is 2. The third-order valence-electron chi connectivity index (χ3n) is 6.47. The molecule has 5 rings (SSSR count).